The minimum Gasteiger partial charge on any atom is -0.358 e. The summed E-state index contributed by atoms with van der Waals surface area (Å²) in [5.74, 6) is 0.0459. The van der Waals surface area contributed by atoms with Gasteiger partial charge in [0.1, 0.15) is 0 Å². The third kappa shape index (κ3) is 3.64. The number of nitrogens with zero attached hydrogens (tertiary/aromatic N) is 3. The van der Waals surface area contributed by atoms with Crippen LogP contribution in [0.3, 0.4) is 0 Å². The van der Waals surface area contributed by atoms with Crippen LogP contribution >= 0.6 is 0 Å². The Bertz CT molecular complexity index is 612. The molecule has 6 heteroatoms. The fourth-order valence-electron chi connectivity index (χ4n) is 1.58. The Labute approximate surface area is 122 Å². The first-order valence-electron chi connectivity index (χ1n) is 5.66. The van der Waals surface area contributed by atoms with E-state index in [1.54, 1.807) is 13.8 Å². The van der Waals surface area contributed by atoms with Crippen LogP contribution in [0.25, 0.3) is 0 Å². The number of carbonyl (C=O) groups is 1. The Morgan fingerprint density at radius 3 is 2.53 bits per heavy atom. The molecule has 0 aromatic carbocycles. The first-order valence-corrected chi connectivity index (χ1v) is 6.36. The quantitative estimate of drug-likeness (QED) is 0.621. The van der Waals surface area contributed by atoms with Crippen molar-refractivity contribution >= 4 is 12.0 Å². The van der Waals surface area contributed by atoms with Gasteiger partial charge in [0.2, 0.25) is 0 Å². The van der Waals surface area contributed by atoms with E-state index < -0.39 is 0 Å². The number of hydrogen-bond donors (Lipinski definition) is 0. The van der Waals surface area contributed by atoms with Crippen LogP contribution in [-0.4, -0.2) is 21.2 Å². The van der Waals surface area contributed by atoms with E-state index in [2.05, 4.69) is 28.3 Å². The summed E-state index contributed by atoms with van der Waals surface area (Å²) in [4.78, 5) is 23.8. The molecule has 103 valence electrons. The van der Waals surface area contributed by atoms with E-state index in [4.69, 9.17) is 0 Å². The van der Waals surface area contributed by atoms with Crippen LogP contribution in [0, 0.1) is 18.5 Å². The van der Waals surface area contributed by atoms with Crippen LogP contribution in [0.1, 0.15) is 31.5 Å². The van der Waals surface area contributed by atoms with Gasteiger partial charge in [-0.3, -0.25) is 0 Å². The number of carbonyl (C=O) groups excluding carboxylic acids is 1. The third-order valence-corrected chi connectivity index (χ3v) is 3.61. The van der Waals surface area contributed by atoms with Gasteiger partial charge in [0, 0.05) is 0 Å². The second kappa shape index (κ2) is 7.41. The Hall–Kier alpha value is -1.20. The van der Waals surface area contributed by atoms with E-state index in [0.717, 1.165) is 5.69 Å². The van der Waals surface area contributed by atoms with Gasteiger partial charge in [-0.15, -0.1) is 0 Å². The average molecular weight is 300 g/mol. The van der Waals surface area contributed by atoms with Crippen molar-refractivity contribution in [2.45, 2.75) is 33.6 Å². The van der Waals surface area contributed by atoms with E-state index in [1.165, 1.54) is 4.68 Å². The van der Waals surface area contributed by atoms with Crippen LogP contribution in [-0.2, 0) is 35.2 Å². The minimum atomic E-state index is -0.252. The van der Waals surface area contributed by atoms with Gasteiger partial charge >= 0.3 is 115 Å². The van der Waals surface area contributed by atoms with Crippen LogP contribution < -0.4 is 5.56 Å². The van der Waals surface area contributed by atoms with Gasteiger partial charge < -0.3 is 7.43 Å². The van der Waals surface area contributed by atoms with Crippen molar-refractivity contribution in [2.24, 2.45) is 12.1 Å². The predicted molar refractivity (Wildman–Crippen MR) is 71.6 cm³/mol. The molecule has 0 atom stereocenters. The summed E-state index contributed by atoms with van der Waals surface area (Å²) >= 11 is 2.31. The molecule has 0 aliphatic heterocycles. The van der Waals surface area contributed by atoms with Gasteiger partial charge in [-0.25, -0.2) is 0 Å². The van der Waals surface area contributed by atoms with E-state index in [0.29, 0.717) is 16.1 Å². The maximum absolute atomic E-state index is 12.3. The van der Waals surface area contributed by atoms with Crippen LogP contribution in [0.4, 0.5) is 0 Å². The maximum atomic E-state index is 12.3. The average Bonchev–Trinajstić information content (AvgIpc) is 2.37. The molecular formula is C13H19N3O2V. The first kappa shape index (κ1) is 17.8. The van der Waals surface area contributed by atoms with Crippen LogP contribution in [0.2, 0.25) is 0 Å². The molecule has 0 unspecified atom stereocenters. The van der Waals surface area contributed by atoms with Crippen molar-refractivity contribution in [3.8, 4) is 0 Å². The van der Waals surface area contributed by atoms with Crippen molar-refractivity contribution < 1.29 is 21.8 Å². The summed E-state index contributed by atoms with van der Waals surface area (Å²) in [6, 6.07) is 0. The standard InChI is InChI=1S/C12H16N3O2.CH3.V/c1-5-10(16)7-11-9(3)14(4)8-15(12(11)17)13-6-2;;/h5,7H2,1-4H3;1H3;/q2*-1;+2. The van der Waals surface area contributed by atoms with Gasteiger partial charge in [0.15, 0.2) is 0 Å². The summed E-state index contributed by atoms with van der Waals surface area (Å²) in [6.07, 6.45) is 3.17. The zero-order chi connectivity index (χ0) is 13.9. The zero-order valence-corrected chi connectivity index (χ0v) is 13.4. The van der Waals surface area contributed by atoms with Crippen molar-refractivity contribution in [3.63, 3.8) is 0 Å². The first-order chi connectivity index (χ1) is 8.43. The number of ketones is 1. The van der Waals surface area contributed by atoms with Crippen molar-refractivity contribution in [3.05, 3.63) is 33.2 Å². The van der Waals surface area contributed by atoms with Gasteiger partial charge in [0.05, 0.1) is 0 Å². The molecule has 0 saturated carbocycles. The Balaban J connectivity index is 0.00000324. The predicted octanol–water partition coefficient (Wildman–Crippen LogP) is 1.28. The molecule has 0 saturated heterocycles. The second-order valence-electron chi connectivity index (χ2n) is 3.93. The largest absolute Gasteiger partial charge is 0.358 e. The Morgan fingerprint density at radius 1 is 1.47 bits per heavy atom. The van der Waals surface area contributed by atoms with Gasteiger partial charge in [-0.2, -0.15) is 0 Å². The molecule has 0 spiro atoms. The topological polar surface area (TPSA) is 56.4 Å². The number of rotatable bonds is 4. The fourth-order valence-corrected chi connectivity index (χ4v) is 2.03. The normalized spacial score (nSPS) is 10.6. The molecule has 1 heterocycles. The summed E-state index contributed by atoms with van der Waals surface area (Å²) in [6.45, 7) is 5.25. The van der Waals surface area contributed by atoms with Gasteiger partial charge in [0.25, 0.3) is 0 Å². The van der Waals surface area contributed by atoms with E-state index in [-0.39, 0.29) is 25.2 Å². The van der Waals surface area contributed by atoms with Gasteiger partial charge in [-0.05, 0) is 0 Å². The molecule has 0 aliphatic carbocycles. The molecule has 19 heavy (non-hydrogen) atoms. The second-order valence-corrected chi connectivity index (χ2v) is 4.56. The third-order valence-electron chi connectivity index (χ3n) is 2.85. The van der Waals surface area contributed by atoms with Crippen molar-refractivity contribution in [1.82, 2.24) is 9.24 Å². The molecule has 1 rings (SSSR count). The molecule has 0 amide bonds. The molecule has 0 bridgehead atoms. The summed E-state index contributed by atoms with van der Waals surface area (Å²) in [7, 11) is 1.84. The molecule has 5 nitrogen and oxygen atoms in total. The number of aromatic nitrogens is 2. The van der Waals surface area contributed by atoms with Gasteiger partial charge in [-0.1, -0.05) is 0 Å². The van der Waals surface area contributed by atoms with Crippen LogP contribution in [0.5, 0.6) is 0 Å². The summed E-state index contributed by atoms with van der Waals surface area (Å²) in [5, 5.41) is 3.91. The molecule has 1 aromatic heterocycles. The molecule has 0 N–H and O–H groups in total. The van der Waals surface area contributed by atoms with E-state index in [9.17, 15) is 9.59 Å². The monoisotopic (exact) mass is 300 g/mol. The van der Waals surface area contributed by atoms with Crippen molar-refractivity contribution in [2.75, 3.05) is 0 Å². The maximum Gasteiger partial charge on any atom is -0.358 e. The number of hydrogen-bond acceptors (Lipinski definition) is 3. The van der Waals surface area contributed by atoms with Crippen LogP contribution in [0.15, 0.2) is 9.90 Å². The molecule has 0 aliphatic rings. The molecule has 1 aromatic rings. The Kier molecular flexibility index (Phi) is 6.94. The smallest absolute Gasteiger partial charge is 0.358 e. The SMILES string of the molecule is C[C-]=Nn1c(=O)c(CC(=O)CC)c(C)n(C)[c]1=[V+2].[CH3-]. The zero-order valence-electron chi connectivity index (χ0n) is 12.0. The summed E-state index contributed by atoms with van der Waals surface area (Å²) < 4.78 is 3.73. The number of Topliss-reactive ketones (excluding diaryl/α,β-unsaturated/α-hetero) is 1. The summed E-state index contributed by atoms with van der Waals surface area (Å²) in [5.41, 5.74) is 1.04. The molecule has 0 radical (unpaired) electrons. The minimum absolute atomic E-state index is 0. The molecular weight excluding hydrogens is 281 g/mol. The van der Waals surface area contributed by atoms with E-state index >= 15 is 0 Å². The fraction of sp³-hybridized carbons (Fsp3) is 0.462. The van der Waals surface area contributed by atoms with Crippen molar-refractivity contribution in [1.29, 1.82) is 0 Å². The Morgan fingerprint density at radius 2 is 2.05 bits per heavy atom. The van der Waals surface area contributed by atoms with E-state index in [1.807, 2.05) is 18.5 Å². The molecule has 0 fully saturated rings.